The maximum atomic E-state index is 11.8. The van der Waals surface area contributed by atoms with Gasteiger partial charge in [-0.05, 0) is 42.5 Å². The van der Waals surface area contributed by atoms with Gasteiger partial charge >= 0.3 is 0 Å². The lowest BCUT2D eigenvalue weighted by atomic mass is 10.1. The Kier molecular flexibility index (Phi) is 8.96. The number of carbonyl (C=O) groups is 1. The van der Waals surface area contributed by atoms with Crippen LogP contribution in [0.15, 0.2) is 59.7 Å². The van der Waals surface area contributed by atoms with Crippen LogP contribution in [0.25, 0.3) is 10.9 Å². The van der Waals surface area contributed by atoms with Gasteiger partial charge in [0.15, 0.2) is 5.96 Å². The van der Waals surface area contributed by atoms with Crippen LogP contribution in [-0.2, 0) is 24.3 Å². The van der Waals surface area contributed by atoms with Gasteiger partial charge in [0.1, 0.15) is 0 Å². The summed E-state index contributed by atoms with van der Waals surface area (Å²) in [5.41, 5.74) is 4.82. The van der Waals surface area contributed by atoms with Gasteiger partial charge in [-0.2, -0.15) is 0 Å². The number of likely N-dealkylation sites (tertiary alicyclic amines) is 1. The Morgan fingerprint density at radius 2 is 1.88 bits per heavy atom. The van der Waals surface area contributed by atoms with E-state index in [2.05, 4.69) is 77.3 Å². The van der Waals surface area contributed by atoms with Crippen molar-refractivity contribution in [2.75, 3.05) is 19.6 Å². The van der Waals surface area contributed by atoms with Crippen LogP contribution in [0.1, 0.15) is 36.5 Å². The van der Waals surface area contributed by atoms with E-state index < -0.39 is 0 Å². The zero-order valence-electron chi connectivity index (χ0n) is 18.6. The molecule has 2 heterocycles. The normalized spacial score (nSPS) is 14.0. The van der Waals surface area contributed by atoms with Gasteiger partial charge in [0.2, 0.25) is 5.91 Å². The highest BCUT2D eigenvalue weighted by Crippen LogP contribution is 2.18. The van der Waals surface area contributed by atoms with E-state index in [1.54, 1.807) is 0 Å². The number of carbonyl (C=O) groups excluding carboxylic acids is 1. The van der Waals surface area contributed by atoms with E-state index in [0.29, 0.717) is 19.5 Å². The minimum Gasteiger partial charge on any atom is -0.361 e. The number of rotatable bonds is 8. The number of nitrogens with one attached hydrogen (secondary N) is 3. The van der Waals surface area contributed by atoms with Crippen molar-refractivity contribution in [3.8, 4) is 0 Å². The predicted molar refractivity (Wildman–Crippen MR) is 141 cm³/mol. The molecule has 1 amide bonds. The lowest BCUT2D eigenvalue weighted by Crippen LogP contribution is -2.38. The molecular weight excluding hydrogens is 513 g/mol. The topological polar surface area (TPSA) is 72.5 Å². The third-order valence-electron chi connectivity index (χ3n) is 5.69. The van der Waals surface area contributed by atoms with Gasteiger partial charge in [-0.15, -0.1) is 24.0 Å². The number of halogens is 1. The fourth-order valence-corrected chi connectivity index (χ4v) is 4.01. The number of benzene rings is 2. The number of aliphatic imine (C=N–C) groups is 1. The summed E-state index contributed by atoms with van der Waals surface area (Å²) in [4.78, 5) is 21.8. The largest absolute Gasteiger partial charge is 0.361 e. The van der Waals surface area contributed by atoms with Crippen molar-refractivity contribution in [2.24, 2.45) is 4.99 Å². The van der Waals surface area contributed by atoms with Gasteiger partial charge in [-0.25, -0.2) is 4.99 Å². The number of guanidine groups is 1. The second-order valence-corrected chi connectivity index (χ2v) is 7.97. The van der Waals surface area contributed by atoms with E-state index in [1.165, 1.54) is 22.0 Å². The first-order valence-electron chi connectivity index (χ1n) is 11.2. The average molecular weight is 545 g/mol. The third kappa shape index (κ3) is 6.25. The fourth-order valence-electron chi connectivity index (χ4n) is 4.01. The van der Waals surface area contributed by atoms with E-state index in [0.717, 1.165) is 44.0 Å². The number of amides is 1. The second-order valence-electron chi connectivity index (χ2n) is 7.97. The van der Waals surface area contributed by atoms with Crippen molar-refractivity contribution < 1.29 is 4.79 Å². The summed E-state index contributed by atoms with van der Waals surface area (Å²) >= 11 is 0. The summed E-state index contributed by atoms with van der Waals surface area (Å²) in [7, 11) is 0. The second kappa shape index (κ2) is 11.9. The summed E-state index contributed by atoms with van der Waals surface area (Å²) < 4.78 is 0. The highest BCUT2D eigenvalue weighted by Gasteiger charge is 2.19. The maximum Gasteiger partial charge on any atom is 0.222 e. The molecule has 32 heavy (non-hydrogen) atoms. The van der Waals surface area contributed by atoms with Crippen LogP contribution in [0.5, 0.6) is 0 Å². The molecule has 0 saturated carbocycles. The Hall–Kier alpha value is -2.55. The lowest BCUT2D eigenvalue weighted by molar-refractivity contribution is -0.128. The molecule has 0 unspecified atom stereocenters. The van der Waals surface area contributed by atoms with Crippen molar-refractivity contribution >= 4 is 46.7 Å². The van der Waals surface area contributed by atoms with E-state index in [4.69, 9.17) is 4.99 Å². The quantitative estimate of drug-likeness (QED) is 0.226. The SMILES string of the molecule is CCNC(=NCc1ccc(CN2CCCC2=O)cc1)NCCc1c[nH]c2ccccc12.I. The van der Waals surface area contributed by atoms with Gasteiger partial charge in [-0.1, -0.05) is 42.5 Å². The highest BCUT2D eigenvalue weighted by atomic mass is 127. The summed E-state index contributed by atoms with van der Waals surface area (Å²) in [5.74, 6) is 1.09. The molecule has 6 nitrogen and oxygen atoms in total. The molecule has 0 aliphatic carbocycles. The van der Waals surface area contributed by atoms with E-state index in [-0.39, 0.29) is 29.9 Å². The first kappa shape index (κ1) is 24.1. The monoisotopic (exact) mass is 545 g/mol. The number of aromatic amines is 1. The zero-order chi connectivity index (χ0) is 21.5. The predicted octanol–water partition coefficient (Wildman–Crippen LogP) is 4.21. The Balaban J connectivity index is 0.00000289. The molecule has 3 aromatic rings. The molecule has 0 bridgehead atoms. The molecule has 1 aromatic heterocycles. The Morgan fingerprint density at radius 1 is 1.09 bits per heavy atom. The summed E-state index contributed by atoms with van der Waals surface area (Å²) in [6.45, 7) is 5.91. The molecular formula is C25H32IN5O. The number of hydrogen-bond acceptors (Lipinski definition) is 2. The van der Waals surface area contributed by atoms with Crippen LogP contribution in [0, 0.1) is 0 Å². The number of para-hydroxylation sites is 1. The van der Waals surface area contributed by atoms with E-state index in [1.807, 2.05) is 4.90 Å². The average Bonchev–Trinajstić information content (AvgIpc) is 3.39. The van der Waals surface area contributed by atoms with Crippen molar-refractivity contribution in [3.05, 3.63) is 71.4 Å². The Bertz CT molecular complexity index is 1040. The highest BCUT2D eigenvalue weighted by molar-refractivity contribution is 14.0. The maximum absolute atomic E-state index is 11.8. The molecule has 7 heteroatoms. The smallest absolute Gasteiger partial charge is 0.222 e. The van der Waals surface area contributed by atoms with Gasteiger partial charge in [0.25, 0.3) is 0 Å². The molecule has 1 saturated heterocycles. The minimum absolute atomic E-state index is 0. The molecule has 1 aliphatic rings. The molecule has 2 aromatic carbocycles. The van der Waals surface area contributed by atoms with Crippen molar-refractivity contribution in [2.45, 2.75) is 39.3 Å². The number of aromatic nitrogens is 1. The van der Waals surface area contributed by atoms with Crippen molar-refractivity contribution in [1.29, 1.82) is 0 Å². The fraction of sp³-hybridized carbons (Fsp3) is 0.360. The number of nitrogens with zero attached hydrogens (tertiary/aromatic N) is 2. The van der Waals surface area contributed by atoms with Gasteiger partial charge in [-0.3, -0.25) is 4.79 Å². The lowest BCUT2D eigenvalue weighted by Gasteiger charge is -2.15. The van der Waals surface area contributed by atoms with Crippen LogP contribution in [0.3, 0.4) is 0 Å². The molecule has 0 radical (unpaired) electrons. The molecule has 1 fully saturated rings. The Labute approximate surface area is 206 Å². The minimum atomic E-state index is 0. The van der Waals surface area contributed by atoms with Crippen LogP contribution >= 0.6 is 24.0 Å². The van der Waals surface area contributed by atoms with Crippen molar-refractivity contribution in [1.82, 2.24) is 20.5 Å². The van der Waals surface area contributed by atoms with Gasteiger partial charge in [0, 0.05) is 49.7 Å². The molecule has 0 atom stereocenters. The molecule has 170 valence electrons. The molecule has 0 spiro atoms. The molecule has 4 rings (SSSR count). The molecule has 3 N–H and O–H groups in total. The van der Waals surface area contributed by atoms with Crippen LogP contribution in [0.4, 0.5) is 0 Å². The summed E-state index contributed by atoms with van der Waals surface area (Å²) in [6, 6.07) is 16.8. The first-order valence-corrected chi connectivity index (χ1v) is 11.2. The number of H-pyrrole nitrogens is 1. The standard InChI is InChI=1S/C25H31N5O.HI/c1-2-26-25(27-14-13-21-17-28-23-7-4-3-6-22(21)23)29-16-19-9-11-20(12-10-19)18-30-15-5-8-24(30)31;/h3-4,6-7,9-12,17,28H,2,5,8,13-16,18H2,1H3,(H2,26,27,29);1H. The molecule has 1 aliphatic heterocycles. The Morgan fingerprint density at radius 3 is 2.62 bits per heavy atom. The van der Waals surface area contributed by atoms with Gasteiger partial charge < -0.3 is 20.5 Å². The van der Waals surface area contributed by atoms with E-state index in [9.17, 15) is 4.79 Å². The van der Waals surface area contributed by atoms with E-state index >= 15 is 0 Å². The van der Waals surface area contributed by atoms with Crippen LogP contribution < -0.4 is 10.6 Å². The number of hydrogen-bond donors (Lipinski definition) is 3. The number of fused-ring (bicyclic) bond motifs is 1. The van der Waals surface area contributed by atoms with Crippen LogP contribution in [-0.4, -0.2) is 41.4 Å². The van der Waals surface area contributed by atoms with Gasteiger partial charge in [0.05, 0.1) is 6.54 Å². The summed E-state index contributed by atoms with van der Waals surface area (Å²) in [5, 5.41) is 8.04. The first-order chi connectivity index (χ1) is 15.2. The zero-order valence-corrected chi connectivity index (χ0v) is 20.9. The van der Waals surface area contributed by atoms with Crippen LogP contribution in [0.2, 0.25) is 0 Å². The summed E-state index contributed by atoms with van der Waals surface area (Å²) in [6.07, 6.45) is 4.69. The van der Waals surface area contributed by atoms with Crippen molar-refractivity contribution in [3.63, 3.8) is 0 Å². The third-order valence-corrected chi connectivity index (χ3v) is 5.69.